The third kappa shape index (κ3) is 8.28. The highest BCUT2D eigenvalue weighted by Crippen LogP contribution is 2.50. The highest BCUT2D eigenvalue weighted by atomic mass is 16.1. The molecule has 0 saturated carbocycles. The van der Waals surface area contributed by atoms with Crippen LogP contribution < -0.4 is 41.3 Å². The van der Waals surface area contributed by atoms with Gasteiger partial charge >= 0.3 is 0 Å². The zero-order valence-corrected chi connectivity index (χ0v) is 49.3. The second-order valence-corrected chi connectivity index (χ2v) is 23.0. The van der Waals surface area contributed by atoms with Crippen molar-refractivity contribution < 1.29 is 0 Å². The first-order chi connectivity index (χ1) is 45.4. The fraction of sp³-hybridized carbons (Fsp3) is 0. The number of benzene rings is 13. The van der Waals surface area contributed by atoms with E-state index in [1.807, 2.05) is 309 Å². The van der Waals surface area contributed by atoms with Gasteiger partial charge in [0, 0.05) is 67.0 Å². The summed E-state index contributed by atoms with van der Waals surface area (Å²) in [7, 11) is 0. The van der Waals surface area contributed by atoms with Gasteiger partial charge in [-0.25, -0.2) is 0 Å². The molecule has 17 rings (SSSR count). The number of anilines is 12. The first-order valence-corrected chi connectivity index (χ1v) is 30.6. The Morgan fingerprint density at radius 1 is 0.196 bits per heavy atom. The number of hydrogen-bond donors (Lipinski definition) is 0. The lowest BCUT2D eigenvalue weighted by molar-refractivity contribution is 1.24. The minimum Gasteiger partial charge on any atom is -0.310 e. The first kappa shape index (κ1) is 53.6. The molecule has 10 heteroatoms. The molecule has 0 aliphatic carbocycles. The largest absolute Gasteiger partial charge is 0.310 e. The molecule has 0 unspecified atom stereocenters. The Labute approximate surface area is 526 Å². The van der Waals surface area contributed by atoms with E-state index in [1.54, 1.807) is 6.07 Å². The molecule has 0 amide bonds. The van der Waals surface area contributed by atoms with Crippen molar-refractivity contribution in [2.24, 2.45) is 0 Å². The second kappa shape index (κ2) is 21.6. The van der Waals surface area contributed by atoms with Gasteiger partial charge in [0.15, 0.2) is 21.7 Å². The highest BCUT2D eigenvalue weighted by molar-refractivity contribution is 6.22. The minimum absolute atomic E-state index is 0.253. The Bertz CT molecular complexity index is 5440. The van der Waals surface area contributed by atoms with Gasteiger partial charge in [0.05, 0.1) is 77.4 Å². The first-order valence-electron chi connectivity index (χ1n) is 30.6. The van der Waals surface area contributed by atoms with E-state index in [4.69, 9.17) is 0 Å². The monoisotopic (exact) mass is 1180 g/mol. The van der Waals surface area contributed by atoms with Crippen LogP contribution in [0.3, 0.4) is 0 Å². The van der Waals surface area contributed by atoms with Crippen molar-refractivity contribution in [2.45, 2.75) is 0 Å². The molecule has 0 fully saturated rings. The highest BCUT2D eigenvalue weighted by Gasteiger charge is 2.33. The number of hydrogen-bond acceptors (Lipinski definition) is 8. The lowest BCUT2D eigenvalue weighted by Crippen LogP contribution is -2.23. The average molecular weight is 1190 g/mol. The molecule has 0 aliphatic rings. The molecule has 0 saturated heterocycles. The van der Waals surface area contributed by atoms with Crippen LogP contribution in [-0.2, 0) is 0 Å². The SMILES string of the molecule is O=c1c2ccccc2n2c3cc4c(cc3c(=O)c3c(N(c5ccccc5)c5ccccc5)cc(N(c5ccccc5)c5ccccc5)c1c32)c(=O)c1c(N(c2ccccc2)c2ccccc2)cc(N(c2ccccc2)c2ccccc2)c2c(=O)c3ccccc3n4c21. The lowest BCUT2D eigenvalue weighted by atomic mass is 9.95. The molecule has 4 heterocycles. The van der Waals surface area contributed by atoms with Crippen molar-refractivity contribution in [3.05, 3.63) is 356 Å². The molecule has 13 aromatic carbocycles. The summed E-state index contributed by atoms with van der Waals surface area (Å²) >= 11 is 0. The minimum atomic E-state index is -0.382. The van der Waals surface area contributed by atoms with Gasteiger partial charge in [-0.05, 0) is 146 Å². The van der Waals surface area contributed by atoms with E-state index in [9.17, 15) is 0 Å². The molecule has 0 spiro atoms. The van der Waals surface area contributed by atoms with Crippen molar-refractivity contribution in [3.63, 3.8) is 0 Å². The van der Waals surface area contributed by atoms with Gasteiger partial charge < -0.3 is 28.4 Å². The van der Waals surface area contributed by atoms with Crippen molar-refractivity contribution in [2.75, 3.05) is 19.6 Å². The van der Waals surface area contributed by atoms with E-state index >= 15 is 19.2 Å². The van der Waals surface area contributed by atoms with Crippen LogP contribution in [0.25, 0.3) is 76.2 Å². The number of rotatable bonds is 12. The maximum absolute atomic E-state index is 17.0. The quantitative estimate of drug-likeness (QED) is 0.0883. The van der Waals surface area contributed by atoms with Gasteiger partial charge in [-0.15, -0.1) is 0 Å². The van der Waals surface area contributed by atoms with E-state index in [-0.39, 0.29) is 43.3 Å². The van der Waals surface area contributed by atoms with Gasteiger partial charge in [-0.2, -0.15) is 0 Å². The number of aromatic nitrogens is 2. The van der Waals surface area contributed by atoms with Crippen LogP contribution in [0, 0.1) is 0 Å². The van der Waals surface area contributed by atoms with E-state index in [1.165, 1.54) is 0 Å². The van der Waals surface area contributed by atoms with Gasteiger partial charge in [0.2, 0.25) is 0 Å². The van der Waals surface area contributed by atoms with Crippen LogP contribution in [0.1, 0.15) is 0 Å². The fourth-order valence-electron chi connectivity index (χ4n) is 14.0. The molecule has 0 atom stereocenters. The molecule has 0 radical (unpaired) electrons. The Morgan fingerprint density at radius 3 is 0.641 bits per heavy atom. The number of nitrogens with zero attached hydrogens (tertiary/aromatic N) is 6. The molecule has 4 aromatic heterocycles. The molecule has 434 valence electrons. The lowest BCUT2D eigenvalue weighted by Gasteiger charge is -2.32. The van der Waals surface area contributed by atoms with Crippen LogP contribution in [0.2, 0.25) is 0 Å². The number of para-hydroxylation sites is 10. The summed E-state index contributed by atoms with van der Waals surface area (Å²) in [6.07, 6.45) is 0. The molecule has 0 aliphatic heterocycles. The topological polar surface area (TPSA) is 90.1 Å². The molecule has 17 aromatic rings. The summed E-state index contributed by atoms with van der Waals surface area (Å²) in [5, 5.41) is 2.56. The van der Waals surface area contributed by atoms with E-state index in [2.05, 4.69) is 28.4 Å². The predicted molar refractivity (Wildman–Crippen MR) is 380 cm³/mol. The zero-order valence-electron chi connectivity index (χ0n) is 49.3. The van der Waals surface area contributed by atoms with E-state index < -0.39 is 0 Å². The van der Waals surface area contributed by atoms with E-state index in [0.717, 1.165) is 45.5 Å². The van der Waals surface area contributed by atoms with Crippen LogP contribution in [0.5, 0.6) is 0 Å². The normalized spacial score (nSPS) is 11.7. The van der Waals surface area contributed by atoms with Gasteiger partial charge in [0.1, 0.15) is 0 Å². The van der Waals surface area contributed by atoms with Crippen molar-refractivity contribution in [1.82, 2.24) is 8.80 Å². The third-order valence-corrected chi connectivity index (χ3v) is 17.8. The standard InChI is InChI=1S/C82H52N6O4/c89-79-61-45-25-27-47-65(61)87-67-50-68-64(49-63(67)81(91)75-71(85(57-37-17-5-18-38-57)58-39-19-6-20-40-58)51-69(73(79)77(75)87)83(53-29-9-1-10-30-53)54-31-11-2-12-32-54)82(92)76-72(86(59-41-21-7-22-42-59)60-43-23-8-24-44-60)52-70(74-78(76)88(68)66-48-28-26-46-62(66)80(74)90)84(55-33-13-3-14-34-55)56-35-15-4-16-36-56/h1-52H. The molecule has 0 bridgehead atoms. The van der Waals surface area contributed by atoms with Gasteiger partial charge in [-0.1, -0.05) is 170 Å². The Balaban J connectivity index is 1.12. The van der Waals surface area contributed by atoms with Crippen LogP contribution >= 0.6 is 0 Å². The summed E-state index contributed by atoms with van der Waals surface area (Å²) in [6, 6.07) is 102. The summed E-state index contributed by atoms with van der Waals surface area (Å²) in [5.41, 5.74) is 9.95. The molecular weight excluding hydrogens is 1130 g/mol. The molecule has 10 nitrogen and oxygen atoms in total. The predicted octanol–water partition coefficient (Wildman–Crippen LogP) is 19.3. The van der Waals surface area contributed by atoms with Gasteiger partial charge in [-0.3, -0.25) is 19.2 Å². The Kier molecular flexibility index (Phi) is 12.6. The maximum Gasteiger partial charge on any atom is 0.199 e. The summed E-state index contributed by atoms with van der Waals surface area (Å²) in [5.74, 6) is 0. The zero-order chi connectivity index (χ0) is 61.6. The Morgan fingerprint density at radius 2 is 0.402 bits per heavy atom. The van der Waals surface area contributed by atoms with Crippen LogP contribution in [0.15, 0.2) is 335 Å². The van der Waals surface area contributed by atoms with Crippen molar-refractivity contribution >= 4 is 144 Å². The number of pyridine rings is 4. The number of fused-ring (bicyclic) bond motifs is 8. The van der Waals surface area contributed by atoms with Crippen LogP contribution in [-0.4, -0.2) is 8.80 Å². The molecule has 0 N–H and O–H groups in total. The Hall–Kier alpha value is -12.7. The third-order valence-electron chi connectivity index (χ3n) is 17.8. The van der Waals surface area contributed by atoms with Crippen LogP contribution in [0.4, 0.5) is 68.2 Å². The second-order valence-electron chi connectivity index (χ2n) is 23.0. The van der Waals surface area contributed by atoms with Crippen molar-refractivity contribution in [3.8, 4) is 0 Å². The summed E-state index contributed by atoms with van der Waals surface area (Å²) < 4.78 is 4.13. The summed E-state index contributed by atoms with van der Waals surface area (Å²) in [4.78, 5) is 74.9. The van der Waals surface area contributed by atoms with Crippen molar-refractivity contribution in [1.29, 1.82) is 0 Å². The maximum atomic E-state index is 17.0. The summed E-state index contributed by atoms with van der Waals surface area (Å²) in [6.45, 7) is 0. The fourth-order valence-corrected chi connectivity index (χ4v) is 14.0. The smallest absolute Gasteiger partial charge is 0.199 e. The molecular formula is C82H52N6O4. The molecule has 92 heavy (non-hydrogen) atoms. The van der Waals surface area contributed by atoms with Gasteiger partial charge in [0.25, 0.3) is 0 Å². The van der Waals surface area contributed by atoms with E-state index in [0.29, 0.717) is 77.4 Å². The average Bonchev–Trinajstić information content (AvgIpc) is 0.690.